The van der Waals surface area contributed by atoms with Crippen LogP contribution in [0.15, 0.2) is 22.7 Å². The van der Waals surface area contributed by atoms with Gasteiger partial charge in [-0.2, -0.15) is 0 Å². The molecule has 1 nitrogen and oxygen atoms in total. The fourth-order valence-corrected chi connectivity index (χ4v) is 9.32. The van der Waals surface area contributed by atoms with Crippen LogP contribution in [0.5, 0.6) is 0 Å². The minimum Gasteiger partial charge on any atom is -0.412 e. The molecule has 114 valence electrons. The highest BCUT2D eigenvalue weighted by molar-refractivity contribution is 9.10. The summed E-state index contributed by atoms with van der Waals surface area (Å²) in [4.78, 5) is 0. The summed E-state index contributed by atoms with van der Waals surface area (Å²) in [6.07, 6.45) is 0. The van der Waals surface area contributed by atoms with Gasteiger partial charge in [-0.25, -0.2) is 0 Å². The summed E-state index contributed by atoms with van der Waals surface area (Å²) >= 11 is 9.68. The predicted octanol–water partition coefficient (Wildman–Crippen LogP) is 6.79. The zero-order chi connectivity index (χ0) is 15.5. The summed E-state index contributed by atoms with van der Waals surface area (Å²) in [5.41, 5.74) is 2.93. The first-order valence-electron chi connectivity index (χ1n) is 7.29. The Bertz CT molecular complexity index is 424. The zero-order valence-electron chi connectivity index (χ0n) is 13.3. The highest BCUT2D eigenvalue weighted by Gasteiger charge is 2.45. The summed E-state index contributed by atoms with van der Waals surface area (Å²) < 4.78 is 7.66. The second kappa shape index (κ2) is 7.44. The van der Waals surface area contributed by atoms with E-state index in [2.05, 4.69) is 57.5 Å². The molecule has 0 N–H and O–H groups in total. The van der Waals surface area contributed by atoms with E-state index in [4.69, 9.17) is 16.0 Å². The molecule has 0 atom stereocenters. The molecule has 0 aromatic heterocycles. The molecule has 0 aliphatic rings. The Hall–Kier alpha value is 0.167. The first-order chi connectivity index (χ1) is 9.21. The van der Waals surface area contributed by atoms with E-state index in [0.29, 0.717) is 23.2 Å². The third kappa shape index (κ3) is 3.88. The van der Waals surface area contributed by atoms with Crippen LogP contribution in [0.4, 0.5) is 0 Å². The van der Waals surface area contributed by atoms with Gasteiger partial charge in [0.1, 0.15) is 0 Å². The lowest BCUT2D eigenvalue weighted by atomic mass is 10.2. The van der Waals surface area contributed by atoms with E-state index in [1.54, 1.807) is 0 Å². The maximum absolute atomic E-state index is 6.59. The Morgan fingerprint density at radius 1 is 1.05 bits per heavy atom. The fourth-order valence-electron chi connectivity index (χ4n) is 3.36. The highest BCUT2D eigenvalue weighted by Crippen LogP contribution is 2.43. The van der Waals surface area contributed by atoms with Gasteiger partial charge in [0, 0.05) is 9.50 Å². The lowest BCUT2D eigenvalue weighted by Crippen LogP contribution is -2.47. The molecule has 0 aliphatic carbocycles. The average molecular weight is 378 g/mol. The molecule has 0 radical (unpaired) electrons. The first kappa shape index (κ1) is 18.2. The monoisotopic (exact) mass is 376 g/mol. The van der Waals surface area contributed by atoms with Gasteiger partial charge in [0.2, 0.25) is 8.32 Å². The summed E-state index contributed by atoms with van der Waals surface area (Å²) in [6, 6.07) is 5.88. The third-order valence-corrected chi connectivity index (χ3v) is 11.3. The maximum atomic E-state index is 6.59. The summed E-state index contributed by atoms with van der Waals surface area (Å²) in [5, 5.41) is 0.762. The van der Waals surface area contributed by atoms with Crippen molar-refractivity contribution in [2.45, 2.75) is 64.8 Å². The Morgan fingerprint density at radius 3 is 2.00 bits per heavy atom. The number of benzene rings is 1. The molecule has 1 aromatic carbocycles. The van der Waals surface area contributed by atoms with E-state index in [-0.39, 0.29) is 0 Å². The van der Waals surface area contributed by atoms with Crippen molar-refractivity contribution in [3.63, 3.8) is 0 Å². The van der Waals surface area contributed by atoms with Crippen LogP contribution in [-0.2, 0) is 11.0 Å². The fraction of sp³-hybridized carbons (Fsp3) is 0.625. The summed E-state index contributed by atoms with van der Waals surface area (Å²) in [6.45, 7) is 14.5. The smallest absolute Gasteiger partial charge is 0.200 e. The Kier molecular flexibility index (Phi) is 6.77. The number of rotatable bonds is 6. The molecule has 0 unspecified atom stereocenters. The molecule has 0 aliphatic heterocycles. The minimum absolute atomic E-state index is 0.598. The second-order valence-corrected chi connectivity index (χ2v) is 13.1. The minimum atomic E-state index is -1.81. The number of halogens is 2. The number of hydrogen-bond acceptors (Lipinski definition) is 1. The highest BCUT2D eigenvalue weighted by atomic mass is 79.9. The molecule has 0 saturated carbocycles. The summed E-state index contributed by atoms with van der Waals surface area (Å²) in [7, 11) is -1.81. The van der Waals surface area contributed by atoms with Crippen LogP contribution in [0.25, 0.3) is 0 Å². The van der Waals surface area contributed by atoms with Gasteiger partial charge in [0.15, 0.2) is 0 Å². The van der Waals surface area contributed by atoms with E-state index in [1.807, 2.05) is 18.2 Å². The molecule has 20 heavy (non-hydrogen) atoms. The molecule has 1 aromatic rings. The van der Waals surface area contributed by atoms with Crippen LogP contribution in [0.1, 0.15) is 47.1 Å². The van der Waals surface area contributed by atoms with E-state index in [0.717, 1.165) is 15.1 Å². The zero-order valence-corrected chi connectivity index (χ0v) is 16.7. The van der Waals surface area contributed by atoms with E-state index < -0.39 is 8.32 Å². The molecule has 1 rings (SSSR count). The quantitative estimate of drug-likeness (QED) is 0.495. The Morgan fingerprint density at radius 2 is 1.55 bits per heavy atom. The second-order valence-electron chi connectivity index (χ2n) is 6.34. The van der Waals surface area contributed by atoms with Crippen molar-refractivity contribution >= 4 is 35.8 Å². The molecular formula is C16H26BrClOSi. The van der Waals surface area contributed by atoms with Gasteiger partial charge in [0.25, 0.3) is 0 Å². The predicted molar refractivity (Wildman–Crippen MR) is 95.0 cm³/mol. The van der Waals surface area contributed by atoms with E-state index >= 15 is 0 Å². The van der Waals surface area contributed by atoms with Crippen molar-refractivity contribution in [1.29, 1.82) is 0 Å². The molecule has 0 amide bonds. The summed E-state index contributed by atoms with van der Waals surface area (Å²) in [5.74, 6) is 0. The van der Waals surface area contributed by atoms with Crippen molar-refractivity contribution < 1.29 is 4.43 Å². The van der Waals surface area contributed by atoms with Crippen LogP contribution in [0.2, 0.25) is 21.6 Å². The van der Waals surface area contributed by atoms with Gasteiger partial charge in [0.05, 0.1) is 6.61 Å². The lowest BCUT2D eigenvalue weighted by molar-refractivity contribution is 0.265. The normalized spacial score (nSPS) is 12.8. The molecule has 0 spiro atoms. The first-order valence-corrected chi connectivity index (χ1v) is 10.6. The maximum Gasteiger partial charge on any atom is 0.200 e. The van der Waals surface area contributed by atoms with Gasteiger partial charge < -0.3 is 4.43 Å². The van der Waals surface area contributed by atoms with Gasteiger partial charge in [-0.15, -0.1) is 0 Å². The van der Waals surface area contributed by atoms with Crippen LogP contribution < -0.4 is 0 Å². The third-order valence-electron chi connectivity index (χ3n) is 4.19. The molecule has 0 heterocycles. The van der Waals surface area contributed by atoms with Crippen molar-refractivity contribution in [3.8, 4) is 0 Å². The van der Waals surface area contributed by atoms with Gasteiger partial charge in [-0.1, -0.05) is 69.1 Å². The molecular weight excluding hydrogens is 352 g/mol. The Balaban J connectivity index is 3.00. The van der Waals surface area contributed by atoms with Crippen molar-refractivity contribution in [1.82, 2.24) is 0 Å². The molecule has 0 fully saturated rings. The van der Waals surface area contributed by atoms with Gasteiger partial charge in [-0.3, -0.25) is 0 Å². The molecule has 0 saturated heterocycles. The SMILES string of the molecule is CC(C)[Si](OCc1cc(Cl)ccc1Br)(C(C)C)C(C)C. The topological polar surface area (TPSA) is 9.23 Å². The lowest BCUT2D eigenvalue weighted by Gasteiger charge is -2.42. The average Bonchev–Trinajstić information content (AvgIpc) is 2.32. The standard InChI is InChI=1S/C16H26BrClOSi/c1-11(2)20(12(3)4,13(5)6)19-10-14-9-15(18)7-8-16(14)17/h7-9,11-13H,10H2,1-6H3. The van der Waals surface area contributed by atoms with Crippen molar-refractivity contribution in [2.75, 3.05) is 0 Å². The van der Waals surface area contributed by atoms with Gasteiger partial charge >= 0.3 is 0 Å². The van der Waals surface area contributed by atoms with Crippen LogP contribution in [0.3, 0.4) is 0 Å². The van der Waals surface area contributed by atoms with Crippen LogP contribution >= 0.6 is 27.5 Å². The Labute approximate surface area is 138 Å². The van der Waals surface area contributed by atoms with E-state index in [9.17, 15) is 0 Å². The van der Waals surface area contributed by atoms with Crippen molar-refractivity contribution in [3.05, 3.63) is 33.3 Å². The van der Waals surface area contributed by atoms with Crippen LogP contribution in [-0.4, -0.2) is 8.32 Å². The largest absolute Gasteiger partial charge is 0.412 e. The number of hydrogen-bond donors (Lipinski definition) is 0. The van der Waals surface area contributed by atoms with Crippen LogP contribution in [0, 0.1) is 0 Å². The van der Waals surface area contributed by atoms with Crippen molar-refractivity contribution in [2.24, 2.45) is 0 Å². The molecule has 4 heteroatoms. The van der Waals surface area contributed by atoms with Gasteiger partial charge in [-0.05, 0) is 40.4 Å². The van der Waals surface area contributed by atoms with E-state index in [1.165, 1.54) is 0 Å². The molecule has 0 bridgehead atoms.